The number of likely N-dealkylation sites (tertiary alicyclic amines) is 1. The lowest BCUT2D eigenvalue weighted by Crippen LogP contribution is -2.47. The summed E-state index contributed by atoms with van der Waals surface area (Å²) in [7, 11) is 4.06. The zero-order valence-corrected chi connectivity index (χ0v) is 19.9. The Kier molecular flexibility index (Phi) is 7.33. The van der Waals surface area contributed by atoms with Gasteiger partial charge in [0.15, 0.2) is 0 Å². The SMILES string of the molecule is Cc1nc2ccccc2c(=O)n1CC(=O)N1CCC(C(=O)NCC(C)(C)CN(C)C)CC1. The van der Waals surface area contributed by atoms with Gasteiger partial charge < -0.3 is 15.1 Å². The van der Waals surface area contributed by atoms with E-state index in [-0.39, 0.29) is 35.3 Å². The van der Waals surface area contributed by atoms with E-state index in [1.54, 1.807) is 30.0 Å². The molecular formula is C24H35N5O3. The first-order valence-electron chi connectivity index (χ1n) is 11.2. The molecule has 8 heteroatoms. The minimum Gasteiger partial charge on any atom is -0.355 e. The van der Waals surface area contributed by atoms with Gasteiger partial charge in [-0.1, -0.05) is 26.0 Å². The number of piperidine rings is 1. The Morgan fingerprint density at radius 1 is 1.19 bits per heavy atom. The molecule has 1 aromatic carbocycles. The Morgan fingerprint density at radius 3 is 2.50 bits per heavy atom. The number of hydrogen-bond donors (Lipinski definition) is 1. The van der Waals surface area contributed by atoms with Crippen LogP contribution < -0.4 is 10.9 Å². The summed E-state index contributed by atoms with van der Waals surface area (Å²) in [6, 6.07) is 7.17. The van der Waals surface area contributed by atoms with Gasteiger partial charge in [0.1, 0.15) is 12.4 Å². The lowest BCUT2D eigenvalue weighted by molar-refractivity contribution is -0.136. The van der Waals surface area contributed by atoms with Crippen LogP contribution in [0, 0.1) is 18.3 Å². The first-order valence-corrected chi connectivity index (χ1v) is 11.2. The van der Waals surface area contributed by atoms with Crippen LogP contribution in [0.5, 0.6) is 0 Å². The van der Waals surface area contributed by atoms with Crippen molar-refractivity contribution in [2.45, 2.75) is 40.2 Å². The molecule has 2 heterocycles. The predicted octanol–water partition coefficient (Wildman–Crippen LogP) is 1.65. The molecule has 1 fully saturated rings. The van der Waals surface area contributed by atoms with Gasteiger partial charge in [-0.05, 0) is 51.4 Å². The molecule has 1 aliphatic heterocycles. The summed E-state index contributed by atoms with van der Waals surface area (Å²) >= 11 is 0. The standard InChI is InChI=1S/C24H35N5O3/c1-17-26-20-9-7-6-8-19(20)23(32)29(17)14-21(30)28-12-10-18(11-13-28)22(31)25-15-24(2,3)16-27(4)5/h6-9,18H,10-16H2,1-5H3,(H,25,31). The van der Waals surface area contributed by atoms with Crippen molar-refractivity contribution < 1.29 is 9.59 Å². The van der Waals surface area contributed by atoms with Crippen molar-refractivity contribution in [2.75, 3.05) is 40.3 Å². The van der Waals surface area contributed by atoms with Crippen molar-refractivity contribution in [3.8, 4) is 0 Å². The van der Waals surface area contributed by atoms with Crippen LogP contribution in [0.25, 0.3) is 10.9 Å². The van der Waals surface area contributed by atoms with Crippen molar-refractivity contribution in [1.29, 1.82) is 0 Å². The molecule has 0 radical (unpaired) electrons. The summed E-state index contributed by atoms with van der Waals surface area (Å²) in [4.78, 5) is 46.7. The molecule has 32 heavy (non-hydrogen) atoms. The highest BCUT2D eigenvalue weighted by atomic mass is 16.2. The van der Waals surface area contributed by atoms with Crippen molar-refractivity contribution >= 4 is 22.7 Å². The second-order valence-corrected chi connectivity index (χ2v) is 9.84. The fourth-order valence-corrected chi connectivity index (χ4v) is 4.47. The summed E-state index contributed by atoms with van der Waals surface area (Å²) in [6.45, 7) is 8.55. The number of rotatable bonds is 7. The van der Waals surface area contributed by atoms with Gasteiger partial charge in [-0.25, -0.2) is 4.98 Å². The quantitative estimate of drug-likeness (QED) is 0.706. The third-order valence-corrected chi connectivity index (χ3v) is 6.05. The number of carbonyl (C=O) groups is 2. The number of benzene rings is 1. The molecule has 3 rings (SSSR count). The minimum absolute atomic E-state index is 0.00512. The molecule has 0 saturated carbocycles. The maximum atomic E-state index is 12.9. The van der Waals surface area contributed by atoms with E-state index in [1.807, 2.05) is 20.2 Å². The van der Waals surface area contributed by atoms with Crippen molar-refractivity contribution in [3.63, 3.8) is 0 Å². The number of amides is 2. The molecule has 0 aliphatic carbocycles. The number of aromatic nitrogens is 2. The van der Waals surface area contributed by atoms with Crippen LogP contribution in [0.4, 0.5) is 0 Å². The van der Waals surface area contributed by atoms with Crippen molar-refractivity contribution in [2.24, 2.45) is 11.3 Å². The van der Waals surface area contributed by atoms with Gasteiger partial charge in [0.2, 0.25) is 11.8 Å². The zero-order valence-electron chi connectivity index (χ0n) is 19.9. The molecule has 0 bridgehead atoms. The third-order valence-electron chi connectivity index (χ3n) is 6.05. The molecule has 0 atom stereocenters. The number of hydrogen-bond acceptors (Lipinski definition) is 5. The molecule has 2 amide bonds. The summed E-state index contributed by atoms with van der Waals surface area (Å²) in [6.07, 6.45) is 1.27. The second-order valence-electron chi connectivity index (χ2n) is 9.84. The van der Waals surface area contributed by atoms with Crippen LogP contribution in [-0.4, -0.2) is 71.4 Å². The van der Waals surface area contributed by atoms with Gasteiger partial charge in [0.25, 0.3) is 5.56 Å². The van der Waals surface area contributed by atoms with Gasteiger partial charge in [-0.3, -0.25) is 19.0 Å². The molecule has 2 aromatic rings. The molecule has 1 saturated heterocycles. The summed E-state index contributed by atoms with van der Waals surface area (Å²) in [5.74, 6) is 0.394. The second kappa shape index (κ2) is 9.81. The molecule has 0 unspecified atom stereocenters. The average molecular weight is 442 g/mol. The molecule has 1 aliphatic rings. The van der Waals surface area contributed by atoms with Gasteiger partial charge >= 0.3 is 0 Å². The number of carbonyl (C=O) groups excluding carboxylic acids is 2. The predicted molar refractivity (Wildman–Crippen MR) is 125 cm³/mol. The highest BCUT2D eigenvalue weighted by Gasteiger charge is 2.29. The lowest BCUT2D eigenvalue weighted by Gasteiger charge is -2.33. The Bertz CT molecular complexity index is 1040. The topological polar surface area (TPSA) is 87.5 Å². The number of nitrogens with one attached hydrogen (secondary N) is 1. The first kappa shape index (κ1) is 23.9. The average Bonchev–Trinajstić information content (AvgIpc) is 2.74. The maximum Gasteiger partial charge on any atom is 0.261 e. The zero-order chi connectivity index (χ0) is 23.5. The van der Waals surface area contributed by atoms with E-state index in [1.165, 1.54) is 4.57 Å². The normalized spacial score (nSPS) is 15.4. The van der Waals surface area contributed by atoms with Gasteiger partial charge in [0, 0.05) is 32.1 Å². The van der Waals surface area contributed by atoms with Crippen LogP contribution in [0.2, 0.25) is 0 Å². The van der Waals surface area contributed by atoms with Crippen molar-refractivity contribution in [3.05, 3.63) is 40.4 Å². The molecule has 1 aromatic heterocycles. The van der Waals surface area contributed by atoms with Gasteiger partial charge in [-0.15, -0.1) is 0 Å². The van der Waals surface area contributed by atoms with Crippen LogP contribution >= 0.6 is 0 Å². The summed E-state index contributed by atoms with van der Waals surface area (Å²) < 4.78 is 1.44. The van der Waals surface area contributed by atoms with E-state index in [9.17, 15) is 14.4 Å². The van der Waals surface area contributed by atoms with E-state index in [0.29, 0.717) is 49.2 Å². The third kappa shape index (κ3) is 5.73. The van der Waals surface area contributed by atoms with Gasteiger partial charge in [-0.2, -0.15) is 0 Å². The van der Waals surface area contributed by atoms with E-state index >= 15 is 0 Å². The maximum absolute atomic E-state index is 12.9. The van der Waals surface area contributed by atoms with Gasteiger partial charge in [0.05, 0.1) is 10.9 Å². The number of para-hydroxylation sites is 1. The first-order chi connectivity index (χ1) is 15.1. The fourth-order valence-electron chi connectivity index (χ4n) is 4.47. The molecular weight excluding hydrogens is 406 g/mol. The largest absolute Gasteiger partial charge is 0.355 e. The number of fused-ring (bicyclic) bond motifs is 1. The summed E-state index contributed by atoms with van der Waals surface area (Å²) in [5, 5.41) is 3.60. The van der Waals surface area contributed by atoms with E-state index in [2.05, 4.69) is 29.0 Å². The van der Waals surface area contributed by atoms with Crippen LogP contribution in [0.15, 0.2) is 29.1 Å². The van der Waals surface area contributed by atoms with E-state index in [4.69, 9.17) is 0 Å². The highest BCUT2D eigenvalue weighted by Crippen LogP contribution is 2.20. The van der Waals surface area contributed by atoms with Crippen LogP contribution in [-0.2, 0) is 16.1 Å². The Balaban J connectivity index is 1.55. The smallest absolute Gasteiger partial charge is 0.261 e. The lowest BCUT2D eigenvalue weighted by atomic mass is 9.91. The molecule has 8 nitrogen and oxygen atoms in total. The van der Waals surface area contributed by atoms with E-state index < -0.39 is 0 Å². The molecule has 174 valence electrons. The Labute approximate surface area is 189 Å². The highest BCUT2D eigenvalue weighted by molar-refractivity contribution is 5.81. The van der Waals surface area contributed by atoms with Crippen molar-refractivity contribution in [1.82, 2.24) is 24.7 Å². The molecule has 1 N–H and O–H groups in total. The molecule has 0 spiro atoms. The van der Waals surface area contributed by atoms with Crippen LogP contribution in [0.3, 0.4) is 0 Å². The fraction of sp³-hybridized carbons (Fsp3) is 0.583. The number of aryl methyl sites for hydroxylation is 1. The minimum atomic E-state index is -0.198. The number of nitrogens with zero attached hydrogens (tertiary/aromatic N) is 4. The van der Waals surface area contributed by atoms with Crippen LogP contribution in [0.1, 0.15) is 32.5 Å². The van der Waals surface area contributed by atoms with E-state index in [0.717, 1.165) is 6.54 Å². The summed E-state index contributed by atoms with van der Waals surface area (Å²) in [5.41, 5.74) is 0.435. The monoisotopic (exact) mass is 441 g/mol. The Morgan fingerprint density at radius 2 is 1.84 bits per heavy atom. The Hall–Kier alpha value is -2.74.